The Labute approximate surface area is 135 Å². The topological polar surface area (TPSA) is 52.6 Å². The van der Waals surface area contributed by atoms with Crippen molar-refractivity contribution in [3.8, 4) is 0 Å². The molecule has 1 unspecified atom stereocenters. The lowest BCUT2D eigenvalue weighted by Crippen LogP contribution is -2.31. The number of rotatable bonds is 2. The van der Waals surface area contributed by atoms with Crippen molar-refractivity contribution in [1.29, 1.82) is 0 Å². The third kappa shape index (κ3) is 2.51. The van der Waals surface area contributed by atoms with Gasteiger partial charge in [-0.3, -0.25) is 5.01 Å². The van der Waals surface area contributed by atoms with Gasteiger partial charge in [0.1, 0.15) is 0 Å². The van der Waals surface area contributed by atoms with E-state index in [1.54, 1.807) is 18.2 Å². The van der Waals surface area contributed by atoms with Gasteiger partial charge in [0.25, 0.3) is 0 Å². The Morgan fingerprint density at radius 3 is 2.87 bits per heavy atom. The van der Waals surface area contributed by atoms with E-state index in [1.807, 2.05) is 11.1 Å². The number of anilines is 1. The van der Waals surface area contributed by atoms with Gasteiger partial charge in [-0.1, -0.05) is 30.3 Å². The molecule has 4 heteroatoms. The van der Waals surface area contributed by atoms with Crippen LogP contribution in [0.25, 0.3) is 0 Å². The van der Waals surface area contributed by atoms with E-state index >= 15 is 0 Å². The van der Waals surface area contributed by atoms with Crippen molar-refractivity contribution in [3.63, 3.8) is 0 Å². The zero-order chi connectivity index (χ0) is 15.8. The number of aromatic carboxylic acids is 1. The Hall–Kier alpha value is -2.59. The molecule has 0 aromatic heterocycles. The molecule has 23 heavy (non-hydrogen) atoms. The van der Waals surface area contributed by atoms with Crippen molar-refractivity contribution in [2.45, 2.75) is 25.3 Å². The average Bonchev–Trinajstić information content (AvgIpc) is 2.92. The molecule has 1 aliphatic carbocycles. The van der Waals surface area contributed by atoms with E-state index in [-0.39, 0.29) is 6.04 Å². The number of nitrogens with one attached hydrogen (secondary N) is 1. The van der Waals surface area contributed by atoms with Gasteiger partial charge in [-0.2, -0.15) is 0 Å². The first-order chi connectivity index (χ1) is 11.2. The molecule has 2 N–H and O–H groups in total. The number of carboxylic acid groups (broad SMARTS) is 1. The Morgan fingerprint density at radius 2 is 2.00 bits per heavy atom. The third-order valence-electron chi connectivity index (χ3n) is 4.58. The highest BCUT2D eigenvalue weighted by Gasteiger charge is 2.29. The maximum atomic E-state index is 11.2. The summed E-state index contributed by atoms with van der Waals surface area (Å²) in [5, 5.41) is 11.1. The molecule has 1 aliphatic heterocycles. The Balaban J connectivity index is 1.69. The zero-order valence-corrected chi connectivity index (χ0v) is 12.7. The molecule has 2 aliphatic rings. The molecule has 4 nitrogen and oxygen atoms in total. The summed E-state index contributed by atoms with van der Waals surface area (Å²) in [5.74, 6) is -0.904. The lowest BCUT2D eigenvalue weighted by Gasteiger charge is -2.22. The van der Waals surface area contributed by atoms with E-state index in [0.717, 1.165) is 24.9 Å². The van der Waals surface area contributed by atoms with E-state index in [9.17, 15) is 9.90 Å². The van der Waals surface area contributed by atoms with Crippen LogP contribution < -0.4 is 10.4 Å². The van der Waals surface area contributed by atoms with Crippen LogP contribution in [0.3, 0.4) is 0 Å². The highest BCUT2D eigenvalue weighted by molar-refractivity contribution is 5.88. The third-order valence-corrected chi connectivity index (χ3v) is 4.58. The molecule has 1 heterocycles. The van der Waals surface area contributed by atoms with Crippen molar-refractivity contribution < 1.29 is 9.90 Å². The van der Waals surface area contributed by atoms with Crippen LogP contribution in [0.15, 0.2) is 60.3 Å². The van der Waals surface area contributed by atoms with E-state index in [2.05, 4.69) is 35.9 Å². The molecule has 1 atom stereocenters. The first-order valence-corrected chi connectivity index (χ1v) is 7.89. The minimum atomic E-state index is -0.904. The number of hydrogen-bond donors (Lipinski definition) is 2. The van der Waals surface area contributed by atoms with Crippen molar-refractivity contribution in [1.82, 2.24) is 5.43 Å². The van der Waals surface area contributed by atoms with Gasteiger partial charge >= 0.3 is 5.97 Å². The molecular weight excluding hydrogens is 288 g/mol. The summed E-state index contributed by atoms with van der Waals surface area (Å²) in [7, 11) is 0. The predicted molar refractivity (Wildman–Crippen MR) is 89.2 cm³/mol. The number of aryl methyl sites for hydroxylation is 1. The highest BCUT2D eigenvalue weighted by Crippen LogP contribution is 2.37. The Kier molecular flexibility index (Phi) is 3.39. The van der Waals surface area contributed by atoms with Crippen molar-refractivity contribution in [3.05, 3.63) is 77.0 Å². The molecular formula is C19H18N2O2. The molecule has 0 fully saturated rings. The minimum Gasteiger partial charge on any atom is -0.478 e. The maximum Gasteiger partial charge on any atom is 0.335 e. The molecule has 4 rings (SSSR count). The largest absolute Gasteiger partial charge is 0.478 e. The van der Waals surface area contributed by atoms with Gasteiger partial charge in [-0.15, -0.1) is 0 Å². The number of carboxylic acids is 1. The molecule has 0 radical (unpaired) electrons. The summed E-state index contributed by atoms with van der Waals surface area (Å²) < 4.78 is 0. The maximum absolute atomic E-state index is 11.2. The van der Waals surface area contributed by atoms with Crippen LogP contribution in [0.5, 0.6) is 0 Å². The van der Waals surface area contributed by atoms with Gasteiger partial charge in [-0.25, -0.2) is 10.2 Å². The molecule has 2 aromatic rings. The molecule has 0 spiro atoms. The summed E-state index contributed by atoms with van der Waals surface area (Å²) in [4.78, 5) is 11.2. The molecule has 0 amide bonds. The summed E-state index contributed by atoms with van der Waals surface area (Å²) in [6, 6.07) is 15.8. The fourth-order valence-electron chi connectivity index (χ4n) is 3.44. The smallest absolute Gasteiger partial charge is 0.335 e. The SMILES string of the molecule is O=C(O)c1cccc(N2C=C3CCCc4ccccc4C3N2)c1. The van der Waals surface area contributed by atoms with Gasteiger partial charge in [0.05, 0.1) is 17.3 Å². The summed E-state index contributed by atoms with van der Waals surface area (Å²) in [5.41, 5.74) is 8.75. The van der Waals surface area contributed by atoms with Crippen LogP contribution in [0.2, 0.25) is 0 Å². The van der Waals surface area contributed by atoms with Gasteiger partial charge < -0.3 is 5.11 Å². The van der Waals surface area contributed by atoms with Crippen LogP contribution in [0.4, 0.5) is 5.69 Å². The van der Waals surface area contributed by atoms with Gasteiger partial charge in [0.15, 0.2) is 0 Å². The van der Waals surface area contributed by atoms with Gasteiger partial charge in [-0.05, 0) is 54.2 Å². The van der Waals surface area contributed by atoms with Crippen LogP contribution in [-0.4, -0.2) is 11.1 Å². The zero-order valence-electron chi connectivity index (χ0n) is 12.7. The molecule has 2 aromatic carbocycles. The second-order valence-electron chi connectivity index (χ2n) is 6.04. The lowest BCUT2D eigenvalue weighted by molar-refractivity contribution is 0.0697. The number of carbonyl (C=O) groups is 1. The standard InChI is InChI=1S/C19H18N2O2/c22-19(23)14-7-4-9-16(11-14)21-12-15-8-3-6-13-5-1-2-10-17(13)18(15)20-21/h1-2,4-5,7,9-12,18,20H,3,6,8H2,(H,22,23). The summed E-state index contributed by atoms with van der Waals surface area (Å²) in [6.07, 6.45) is 5.43. The van der Waals surface area contributed by atoms with Crippen LogP contribution in [-0.2, 0) is 6.42 Å². The number of hydrogen-bond acceptors (Lipinski definition) is 3. The monoisotopic (exact) mass is 306 g/mol. The van der Waals surface area contributed by atoms with E-state index in [4.69, 9.17) is 0 Å². The second-order valence-corrected chi connectivity index (χ2v) is 6.04. The highest BCUT2D eigenvalue weighted by atomic mass is 16.4. The molecule has 116 valence electrons. The van der Waals surface area contributed by atoms with Crippen molar-refractivity contribution in [2.75, 3.05) is 5.01 Å². The van der Waals surface area contributed by atoms with Gasteiger partial charge in [0.2, 0.25) is 0 Å². The molecule has 0 saturated carbocycles. The Morgan fingerprint density at radius 1 is 1.13 bits per heavy atom. The minimum absolute atomic E-state index is 0.183. The fourth-order valence-corrected chi connectivity index (χ4v) is 3.44. The second kappa shape index (κ2) is 5.56. The van der Waals surface area contributed by atoms with Crippen molar-refractivity contribution in [2.24, 2.45) is 0 Å². The fraction of sp³-hybridized carbons (Fsp3) is 0.211. The number of hydrazine groups is 1. The molecule has 0 saturated heterocycles. The van der Waals surface area contributed by atoms with Crippen LogP contribution >= 0.6 is 0 Å². The Bertz CT molecular complexity index is 797. The summed E-state index contributed by atoms with van der Waals surface area (Å²) in [6.45, 7) is 0. The number of fused-ring (bicyclic) bond motifs is 3. The summed E-state index contributed by atoms with van der Waals surface area (Å²) >= 11 is 0. The normalized spacial score (nSPS) is 19.6. The van der Waals surface area contributed by atoms with Gasteiger partial charge in [0, 0.05) is 6.20 Å². The van der Waals surface area contributed by atoms with Crippen LogP contribution in [0.1, 0.15) is 40.4 Å². The van der Waals surface area contributed by atoms with Crippen molar-refractivity contribution >= 4 is 11.7 Å². The van der Waals surface area contributed by atoms with E-state index < -0.39 is 5.97 Å². The lowest BCUT2D eigenvalue weighted by atomic mass is 9.98. The number of benzene rings is 2. The number of nitrogens with zero attached hydrogens (tertiary/aromatic N) is 1. The van der Waals surface area contributed by atoms with Crippen LogP contribution in [0, 0.1) is 0 Å². The molecule has 0 bridgehead atoms. The quantitative estimate of drug-likeness (QED) is 0.889. The predicted octanol–water partition coefficient (Wildman–Crippen LogP) is 3.67. The first-order valence-electron chi connectivity index (χ1n) is 7.89. The average molecular weight is 306 g/mol. The van der Waals surface area contributed by atoms with E-state index in [1.165, 1.54) is 16.7 Å². The first kappa shape index (κ1) is 14.0. The van der Waals surface area contributed by atoms with E-state index in [0.29, 0.717) is 5.56 Å².